The van der Waals surface area contributed by atoms with E-state index in [9.17, 15) is 9.59 Å². The molecular weight excluding hydrogens is 331 g/mol. The van der Waals surface area contributed by atoms with Crippen LogP contribution in [0.5, 0.6) is 0 Å². The molecule has 2 nitrogen and oxygen atoms in total. The van der Waals surface area contributed by atoms with Gasteiger partial charge in [-0.25, -0.2) is 0 Å². The molecule has 0 aliphatic heterocycles. The van der Waals surface area contributed by atoms with Gasteiger partial charge in [-0.05, 0) is 23.0 Å². The zero-order valence-electron chi connectivity index (χ0n) is 12.5. The number of alkyl halides is 3. The van der Waals surface area contributed by atoms with E-state index in [4.69, 9.17) is 34.8 Å². The van der Waals surface area contributed by atoms with Crippen LogP contribution < -0.4 is 0 Å². The van der Waals surface area contributed by atoms with Crippen molar-refractivity contribution < 1.29 is 9.59 Å². The van der Waals surface area contributed by atoms with Gasteiger partial charge in [-0.3, -0.25) is 9.59 Å². The van der Waals surface area contributed by atoms with Gasteiger partial charge in [0.2, 0.25) is 3.79 Å². The van der Waals surface area contributed by atoms with Crippen LogP contribution in [0.2, 0.25) is 0 Å². The summed E-state index contributed by atoms with van der Waals surface area (Å²) in [7, 11) is 0. The molecule has 0 saturated heterocycles. The molecule has 1 aromatic rings. The van der Waals surface area contributed by atoms with E-state index >= 15 is 0 Å². The van der Waals surface area contributed by atoms with E-state index in [1.807, 2.05) is 26.0 Å². The first-order chi connectivity index (χ1) is 9.54. The Morgan fingerprint density at radius 3 is 2.05 bits per heavy atom. The van der Waals surface area contributed by atoms with Crippen molar-refractivity contribution in [3.63, 3.8) is 0 Å². The van der Waals surface area contributed by atoms with Crippen molar-refractivity contribution in [2.45, 2.75) is 49.7 Å². The van der Waals surface area contributed by atoms with Crippen molar-refractivity contribution in [1.29, 1.82) is 0 Å². The molecule has 0 unspecified atom stereocenters. The molecule has 0 aliphatic rings. The van der Waals surface area contributed by atoms with Gasteiger partial charge in [0.1, 0.15) is 0 Å². The van der Waals surface area contributed by atoms with Crippen LogP contribution >= 0.6 is 34.8 Å². The Morgan fingerprint density at radius 1 is 1.05 bits per heavy atom. The second-order valence-electron chi connectivity index (χ2n) is 5.68. The van der Waals surface area contributed by atoms with E-state index in [2.05, 4.69) is 13.8 Å². The molecule has 0 atom stereocenters. The Bertz CT molecular complexity index is 543. The normalized spacial score (nSPS) is 12.0. The molecule has 21 heavy (non-hydrogen) atoms. The van der Waals surface area contributed by atoms with Crippen molar-refractivity contribution in [2.24, 2.45) is 0 Å². The summed E-state index contributed by atoms with van der Waals surface area (Å²) < 4.78 is -2.05. The standard InChI is InChI=1S/C16H19Cl3O2/c1-9(2)11-5-6-12(13(7-11)10(3)4)14(20)8-15(21)16(17,18)19/h5-7,9-10H,8H2,1-4H3. The predicted molar refractivity (Wildman–Crippen MR) is 88.9 cm³/mol. The Morgan fingerprint density at radius 2 is 1.62 bits per heavy atom. The predicted octanol–water partition coefficient (Wildman–Crippen LogP) is 5.45. The zero-order chi connectivity index (χ0) is 16.4. The highest BCUT2D eigenvalue weighted by atomic mass is 35.6. The topological polar surface area (TPSA) is 34.1 Å². The minimum atomic E-state index is -2.05. The first-order valence-corrected chi connectivity index (χ1v) is 7.94. The lowest BCUT2D eigenvalue weighted by molar-refractivity contribution is -0.117. The summed E-state index contributed by atoms with van der Waals surface area (Å²) >= 11 is 16.5. The molecule has 0 aromatic heterocycles. The Balaban J connectivity index is 3.12. The quantitative estimate of drug-likeness (QED) is 0.402. The van der Waals surface area contributed by atoms with Gasteiger partial charge in [-0.15, -0.1) is 0 Å². The Hall–Kier alpha value is -0.570. The van der Waals surface area contributed by atoms with Crippen molar-refractivity contribution in [3.8, 4) is 0 Å². The van der Waals surface area contributed by atoms with Gasteiger partial charge in [0.15, 0.2) is 11.6 Å². The molecule has 0 amide bonds. The summed E-state index contributed by atoms with van der Waals surface area (Å²) in [5.41, 5.74) is 2.60. The fraction of sp³-hybridized carbons (Fsp3) is 0.500. The third-order valence-electron chi connectivity index (χ3n) is 3.30. The van der Waals surface area contributed by atoms with Crippen LogP contribution in [0, 0.1) is 0 Å². The number of benzene rings is 1. The summed E-state index contributed by atoms with van der Waals surface area (Å²) in [4.78, 5) is 24.0. The summed E-state index contributed by atoms with van der Waals surface area (Å²) in [5, 5.41) is 0. The molecule has 0 radical (unpaired) electrons. The van der Waals surface area contributed by atoms with Crippen LogP contribution in [0.25, 0.3) is 0 Å². The zero-order valence-corrected chi connectivity index (χ0v) is 14.8. The third-order valence-corrected chi connectivity index (χ3v) is 3.93. The van der Waals surface area contributed by atoms with E-state index in [1.54, 1.807) is 6.07 Å². The summed E-state index contributed by atoms with van der Waals surface area (Å²) in [6.07, 6.45) is -0.406. The highest BCUT2D eigenvalue weighted by Crippen LogP contribution is 2.30. The fourth-order valence-electron chi connectivity index (χ4n) is 2.01. The number of carbonyl (C=O) groups excluding carboxylic acids is 2. The van der Waals surface area contributed by atoms with Crippen LogP contribution in [0.15, 0.2) is 18.2 Å². The monoisotopic (exact) mass is 348 g/mol. The minimum absolute atomic E-state index is 0.172. The third kappa shape index (κ3) is 4.98. The van der Waals surface area contributed by atoms with E-state index in [0.717, 1.165) is 11.1 Å². The van der Waals surface area contributed by atoms with E-state index in [-0.39, 0.29) is 11.7 Å². The lowest BCUT2D eigenvalue weighted by Crippen LogP contribution is -2.22. The summed E-state index contributed by atoms with van der Waals surface area (Å²) in [6.45, 7) is 8.20. The molecule has 0 aliphatic carbocycles. The van der Waals surface area contributed by atoms with Crippen LogP contribution in [0.3, 0.4) is 0 Å². The number of hydrogen-bond donors (Lipinski definition) is 0. The number of rotatable bonds is 5. The molecule has 0 fully saturated rings. The number of hydrogen-bond acceptors (Lipinski definition) is 2. The van der Waals surface area contributed by atoms with Gasteiger partial charge in [0.25, 0.3) is 0 Å². The number of carbonyl (C=O) groups is 2. The van der Waals surface area contributed by atoms with Gasteiger partial charge in [0.05, 0.1) is 6.42 Å². The molecule has 0 heterocycles. The largest absolute Gasteiger partial charge is 0.294 e. The molecule has 0 N–H and O–H groups in total. The first kappa shape index (κ1) is 18.5. The highest BCUT2D eigenvalue weighted by Gasteiger charge is 2.32. The van der Waals surface area contributed by atoms with Gasteiger partial charge < -0.3 is 0 Å². The number of Topliss-reactive ketones (excluding diaryl/α,β-unsaturated/α-hetero) is 2. The minimum Gasteiger partial charge on any atom is -0.294 e. The molecule has 1 rings (SSSR count). The van der Waals surface area contributed by atoms with Crippen LogP contribution in [-0.2, 0) is 4.79 Å². The Kier molecular flexibility index (Phi) is 6.27. The van der Waals surface area contributed by atoms with Gasteiger partial charge >= 0.3 is 0 Å². The molecule has 116 valence electrons. The molecule has 5 heteroatoms. The SMILES string of the molecule is CC(C)c1ccc(C(=O)CC(=O)C(Cl)(Cl)Cl)c(C(C)C)c1. The van der Waals surface area contributed by atoms with E-state index in [0.29, 0.717) is 11.5 Å². The summed E-state index contributed by atoms with van der Waals surface area (Å²) in [6, 6.07) is 5.69. The van der Waals surface area contributed by atoms with Crippen LogP contribution in [0.1, 0.15) is 67.4 Å². The molecule has 0 spiro atoms. The van der Waals surface area contributed by atoms with Crippen molar-refractivity contribution in [2.75, 3.05) is 0 Å². The van der Waals surface area contributed by atoms with E-state index in [1.165, 1.54) is 0 Å². The lowest BCUT2D eigenvalue weighted by Gasteiger charge is -2.16. The maximum absolute atomic E-state index is 12.3. The lowest BCUT2D eigenvalue weighted by atomic mass is 9.89. The van der Waals surface area contributed by atoms with E-state index < -0.39 is 16.0 Å². The smallest absolute Gasteiger partial charge is 0.249 e. The van der Waals surface area contributed by atoms with Crippen molar-refractivity contribution in [3.05, 3.63) is 34.9 Å². The van der Waals surface area contributed by atoms with Gasteiger partial charge in [-0.2, -0.15) is 0 Å². The molecule has 0 saturated carbocycles. The maximum atomic E-state index is 12.3. The van der Waals surface area contributed by atoms with Gasteiger partial charge in [0, 0.05) is 5.56 Å². The maximum Gasteiger partial charge on any atom is 0.249 e. The second kappa shape index (κ2) is 7.13. The average Bonchev–Trinajstić information content (AvgIpc) is 2.36. The number of ketones is 2. The van der Waals surface area contributed by atoms with Gasteiger partial charge in [-0.1, -0.05) is 80.7 Å². The second-order valence-corrected chi connectivity index (χ2v) is 7.96. The molecule has 0 bridgehead atoms. The summed E-state index contributed by atoms with van der Waals surface area (Å²) in [5.74, 6) is -0.481. The first-order valence-electron chi connectivity index (χ1n) is 6.81. The highest BCUT2D eigenvalue weighted by molar-refractivity contribution is 6.76. The van der Waals surface area contributed by atoms with Crippen molar-refractivity contribution in [1.82, 2.24) is 0 Å². The Labute approximate surface area is 140 Å². The van der Waals surface area contributed by atoms with Crippen LogP contribution in [-0.4, -0.2) is 15.4 Å². The van der Waals surface area contributed by atoms with Crippen molar-refractivity contribution >= 4 is 46.4 Å². The molecular formula is C16H19Cl3O2. The average molecular weight is 350 g/mol. The fourth-order valence-corrected chi connectivity index (χ4v) is 2.21. The van der Waals surface area contributed by atoms with Crippen LogP contribution in [0.4, 0.5) is 0 Å². The molecule has 1 aromatic carbocycles. The number of halogens is 3.